The monoisotopic (exact) mass is 251 g/mol. The Kier molecular flexibility index (Phi) is 4.36. The standard InChI is InChI=1S/C13H21N3O2/c1-10(9-16-7-3-6-15-16)8-14-13(18)11-4-2-5-12(11)17/h3,6-7,10-12,17H,2,4-5,8-9H2,1H3,(H,14,18). The molecule has 1 fully saturated rings. The highest BCUT2D eigenvalue weighted by atomic mass is 16.3. The molecule has 100 valence electrons. The molecule has 1 aliphatic rings. The van der Waals surface area contributed by atoms with Crippen molar-refractivity contribution in [2.24, 2.45) is 11.8 Å². The third-order valence-electron chi connectivity index (χ3n) is 3.50. The third kappa shape index (κ3) is 3.32. The Balaban J connectivity index is 1.72. The van der Waals surface area contributed by atoms with Gasteiger partial charge in [0, 0.05) is 25.5 Å². The molecule has 0 aliphatic heterocycles. The Morgan fingerprint density at radius 1 is 1.61 bits per heavy atom. The number of carbonyl (C=O) groups is 1. The van der Waals surface area contributed by atoms with E-state index in [0.29, 0.717) is 12.5 Å². The summed E-state index contributed by atoms with van der Waals surface area (Å²) in [6, 6.07) is 1.89. The SMILES string of the molecule is CC(CNC(=O)C1CCCC1O)Cn1cccn1. The van der Waals surface area contributed by atoms with Crippen LogP contribution in [0.1, 0.15) is 26.2 Å². The van der Waals surface area contributed by atoms with Crippen LogP contribution < -0.4 is 5.32 Å². The molecule has 3 atom stereocenters. The number of aromatic nitrogens is 2. The molecule has 0 bridgehead atoms. The third-order valence-corrected chi connectivity index (χ3v) is 3.50. The van der Waals surface area contributed by atoms with Crippen LogP contribution in [0.4, 0.5) is 0 Å². The maximum atomic E-state index is 11.9. The van der Waals surface area contributed by atoms with Crippen molar-refractivity contribution >= 4 is 5.91 Å². The first-order chi connectivity index (χ1) is 8.66. The van der Waals surface area contributed by atoms with Crippen LogP contribution in [0.2, 0.25) is 0 Å². The normalized spacial score (nSPS) is 25.0. The molecule has 0 spiro atoms. The van der Waals surface area contributed by atoms with Gasteiger partial charge >= 0.3 is 0 Å². The van der Waals surface area contributed by atoms with Gasteiger partial charge in [-0.3, -0.25) is 9.48 Å². The van der Waals surface area contributed by atoms with Gasteiger partial charge in [-0.1, -0.05) is 6.92 Å². The summed E-state index contributed by atoms with van der Waals surface area (Å²) in [4.78, 5) is 11.9. The summed E-state index contributed by atoms with van der Waals surface area (Å²) in [6.07, 6.45) is 5.72. The van der Waals surface area contributed by atoms with Gasteiger partial charge in [0.2, 0.25) is 5.91 Å². The predicted molar refractivity (Wildman–Crippen MR) is 67.7 cm³/mol. The summed E-state index contributed by atoms with van der Waals surface area (Å²) < 4.78 is 1.86. The lowest BCUT2D eigenvalue weighted by atomic mass is 10.0. The molecule has 1 amide bonds. The van der Waals surface area contributed by atoms with E-state index >= 15 is 0 Å². The van der Waals surface area contributed by atoms with Crippen LogP contribution in [0.15, 0.2) is 18.5 Å². The van der Waals surface area contributed by atoms with Crippen LogP contribution in [-0.2, 0) is 11.3 Å². The smallest absolute Gasteiger partial charge is 0.225 e. The van der Waals surface area contributed by atoms with Crippen LogP contribution in [0, 0.1) is 11.8 Å². The lowest BCUT2D eigenvalue weighted by molar-refractivity contribution is -0.127. The molecule has 0 aromatic carbocycles. The highest BCUT2D eigenvalue weighted by Gasteiger charge is 2.31. The Bertz CT molecular complexity index is 378. The van der Waals surface area contributed by atoms with Crippen molar-refractivity contribution in [1.29, 1.82) is 0 Å². The van der Waals surface area contributed by atoms with Gasteiger partial charge in [0.05, 0.1) is 12.0 Å². The number of aliphatic hydroxyl groups is 1. The number of hydrogen-bond acceptors (Lipinski definition) is 3. The van der Waals surface area contributed by atoms with Gasteiger partial charge < -0.3 is 10.4 Å². The quantitative estimate of drug-likeness (QED) is 0.813. The number of nitrogens with zero attached hydrogens (tertiary/aromatic N) is 2. The van der Waals surface area contributed by atoms with Gasteiger partial charge in [-0.05, 0) is 31.2 Å². The van der Waals surface area contributed by atoms with Gasteiger partial charge in [0.1, 0.15) is 0 Å². The second-order valence-electron chi connectivity index (χ2n) is 5.18. The van der Waals surface area contributed by atoms with Crippen molar-refractivity contribution in [2.45, 2.75) is 38.8 Å². The minimum absolute atomic E-state index is 0.00712. The van der Waals surface area contributed by atoms with E-state index in [-0.39, 0.29) is 11.8 Å². The Hall–Kier alpha value is -1.36. The zero-order chi connectivity index (χ0) is 13.0. The maximum Gasteiger partial charge on any atom is 0.225 e. The fourth-order valence-corrected chi connectivity index (χ4v) is 2.44. The van der Waals surface area contributed by atoms with Crippen molar-refractivity contribution in [1.82, 2.24) is 15.1 Å². The van der Waals surface area contributed by atoms with Crippen molar-refractivity contribution in [3.63, 3.8) is 0 Å². The van der Waals surface area contributed by atoms with E-state index in [9.17, 15) is 9.90 Å². The fraction of sp³-hybridized carbons (Fsp3) is 0.692. The molecule has 1 saturated carbocycles. The predicted octanol–water partition coefficient (Wildman–Crippen LogP) is 0.796. The number of nitrogens with one attached hydrogen (secondary N) is 1. The molecule has 3 unspecified atom stereocenters. The Labute approximate surface area is 107 Å². The molecule has 2 rings (SSSR count). The Morgan fingerprint density at radius 3 is 3.06 bits per heavy atom. The molecule has 1 heterocycles. The van der Waals surface area contributed by atoms with Crippen LogP contribution in [0.3, 0.4) is 0 Å². The summed E-state index contributed by atoms with van der Waals surface area (Å²) in [5.74, 6) is 0.113. The number of rotatable bonds is 5. The molecule has 2 N–H and O–H groups in total. The average molecular weight is 251 g/mol. The zero-order valence-corrected chi connectivity index (χ0v) is 10.7. The minimum atomic E-state index is -0.452. The average Bonchev–Trinajstić information content (AvgIpc) is 2.97. The molecule has 1 aromatic rings. The number of aliphatic hydroxyl groups excluding tert-OH is 1. The lowest BCUT2D eigenvalue weighted by Gasteiger charge is -2.17. The van der Waals surface area contributed by atoms with E-state index < -0.39 is 6.10 Å². The van der Waals surface area contributed by atoms with Crippen LogP contribution in [-0.4, -0.2) is 33.4 Å². The molecular formula is C13H21N3O2. The van der Waals surface area contributed by atoms with E-state index in [0.717, 1.165) is 25.8 Å². The molecule has 5 nitrogen and oxygen atoms in total. The largest absolute Gasteiger partial charge is 0.392 e. The van der Waals surface area contributed by atoms with Gasteiger partial charge in [-0.2, -0.15) is 5.10 Å². The number of carbonyl (C=O) groups excluding carboxylic acids is 1. The summed E-state index contributed by atoms with van der Waals surface area (Å²) >= 11 is 0. The van der Waals surface area contributed by atoms with Crippen LogP contribution >= 0.6 is 0 Å². The van der Waals surface area contributed by atoms with E-state index in [1.54, 1.807) is 6.20 Å². The van der Waals surface area contributed by atoms with Crippen molar-refractivity contribution in [3.05, 3.63) is 18.5 Å². The maximum absolute atomic E-state index is 11.9. The summed E-state index contributed by atoms with van der Waals surface area (Å²) in [7, 11) is 0. The van der Waals surface area contributed by atoms with E-state index in [2.05, 4.69) is 17.3 Å². The second kappa shape index (κ2) is 6.00. The molecule has 18 heavy (non-hydrogen) atoms. The topological polar surface area (TPSA) is 67.2 Å². The van der Waals surface area contributed by atoms with Gasteiger partial charge in [-0.15, -0.1) is 0 Å². The van der Waals surface area contributed by atoms with E-state index in [1.165, 1.54) is 0 Å². The van der Waals surface area contributed by atoms with E-state index in [1.807, 2.05) is 16.9 Å². The van der Waals surface area contributed by atoms with Crippen LogP contribution in [0.25, 0.3) is 0 Å². The highest BCUT2D eigenvalue weighted by Crippen LogP contribution is 2.25. The molecule has 0 saturated heterocycles. The number of amides is 1. The van der Waals surface area contributed by atoms with Gasteiger partial charge in [0.25, 0.3) is 0 Å². The molecule has 1 aliphatic carbocycles. The summed E-state index contributed by atoms with van der Waals surface area (Å²) in [6.45, 7) is 3.50. The fourth-order valence-electron chi connectivity index (χ4n) is 2.44. The first kappa shape index (κ1) is 13.1. The van der Waals surface area contributed by atoms with E-state index in [4.69, 9.17) is 0 Å². The van der Waals surface area contributed by atoms with Gasteiger partial charge in [0.15, 0.2) is 0 Å². The molecule has 0 radical (unpaired) electrons. The summed E-state index contributed by atoms with van der Waals surface area (Å²) in [5, 5.41) is 16.7. The second-order valence-corrected chi connectivity index (χ2v) is 5.18. The number of hydrogen-bond donors (Lipinski definition) is 2. The molecule has 1 aromatic heterocycles. The first-order valence-corrected chi connectivity index (χ1v) is 6.60. The Morgan fingerprint density at radius 2 is 2.44 bits per heavy atom. The highest BCUT2D eigenvalue weighted by molar-refractivity contribution is 5.79. The van der Waals surface area contributed by atoms with Crippen LogP contribution in [0.5, 0.6) is 0 Å². The molecular weight excluding hydrogens is 230 g/mol. The zero-order valence-electron chi connectivity index (χ0n) is 10.7. The van der Waals surface area contributed by atoms with Gasteiger partial charge in [-0.25, -0.2) is 0 Å². The summed E-state index contributed by atoms with van der Waals surface area (Å²) in [5.41, 5.74) is 0. The minimum Gasteiger partial charge on any atom is -0.392 e. The lowest BCUT2D eigenvalue weighted by Crippen LogP contribution is -2.37. The van der Waals surface area contributed by atoms with Crippen molar-refractivity contribution in [2.75, 3.05) is 6.54 Å². The van der Waals surface area contributed by atoms with Crippen molar-refractivity contribution < 1.29 is 9.90 Å². The molecule has 5 heteroatoms. The first-order valence-electron chi connectivity index (χ1n) is 6.60. The van der Waals surface area contributed by atoms with Crippen molar-refractivity contribution in [3.8, 4) is 0 Å².